The third-order valence-electron chi connectivity index (χ3n) is 5.19. The summed E-state index contributed by atoms with van der Waals surface area (Å²) in [7, 11) is 0. The van der Waals surface area contributed by atoms with E-state index < -0.39 is 11.6 Å². The molecule has 4 amide bonds. The molecule has 1 saturated carbocycles. The van der Waals surface area contributed by atoms with Crippen LogP contribution in [0.4, 0.5) is 4.79 Å². The molecule has 1 aliphatic heterocycles. The van der Waals surface area contributed by atoms with E-state index in [-0.39, 0.29) is 17.6 Å². The number of hydrazine groups is 1. The molecule has 2 N–H and O–H groups in total. The van der Waals surface area contributed by atoms with E-state index in [1.807, 2.05) is 13.8 Å². The quantitative estimate of drug-likeness (QED) is 0.758. The maximum Gasteiger partial charge on any atom is 0.344 e. The van der Waals surface area contributed by atoms with Gasteiger partial charge in [-0.25, -0.2) is 4.79 Å². The molecule has 0 unspecified atom stereocenters. The molecule has 9 heteroatoms. The number of carbonyl (C=O) groups excluding carboxylic acids is 3. The smallest absolute Gasteiger partial charge is 0.344 e. The summed E-state index contributed by atoms with van der Waals surface area (Å²) >= 11 is 1.38. The number of imide groups is 1. The van der Waals surface area contributed by atoms with Gasteiger partial charge < -0.3 is 9.84 Å². The fourth-order valence-corrected chi connectivity index (χ4v) is 4.39. The summed E-state index contributed by atoms with van der Waals surface area (Å²) in [6.45, 7) is 5.82. The third-order valence-corrected chi connectivity index (χ3v) is 6.15. The Morgan fingerprint density at radius 2 is 2.08 bits per heavy atom. The highest BCUT2D eigenvalue weighted by atomic mass is 32.2. The Balaban J connectivity index is 1.52. The van der Waals surface area contributed by atoms with Crippen LogP contribution in [0.15, 0.2) is 4.52 Å². The van der Waals surface area contributed by atoms with Gasteiger partial charge in [0.15, 0.2) is 0 Å². The van der Waals surface area contributed by atoms with Gasteiger partial charge in [-0.2, -0.15) is 5.01 Å². The molecule has 0 atom stereocenters. The SMILES string of the molecule is Cc1noc(C)c1CSCC(=O)NN1C(=O)NC2(CCC(C)CC2)C1=O. The van der Waals surface area contributed by atoms with Gasteiger partial charge in [-0.15, -0.1) is 11.8 Å². The normalized spacial score (nSPS) is 25.7. The number of aromatic nitrogens is 1. The van der Waals surface area contributed by atoms with Gasteiger partial charge in [0.1, 0.15) is 11.3 Å². The number of amides is 4. The Bertz CT molecular complexity index is 705. The number of hydrogen-bond donors (Lipinski definition) is 2. The van der Waals surface area contributed by atoms with E-state index in [4.69, 9.17) is 4.52 Å². The molecule has 0 bridgehead atoms. The van der Waals surface area contributed by atoms with Gasteiger partial charge in [-0.1, -0.05) is 12.1 Å². The van der Waals surface area contributed by atoms with Gasteiger partial charge >= 0.3 is 6.03 Å². The zero-order valence-corrected chi connectivity index (χ0v) is 16.1. The van der Waals surface area contributed by atoms with Crippen LogP contribution in [-0.2, 0) is 15.3 Å². The Labute approximate surface area is 156 Å². The number of urea groups is 1. The van der Waals surface area contributed by atoms with Crippen LogP contribution in [0.2, 0.25) is 0 Å². The Morgan fingerprint density at radius 3 is 2.69 bits per heavy atom. The first-order valence-electron chi connectivity index (χ1n) is 8.78. The molecule has 3 rings (SSSR count). The van der Waals surface area contributed by atoms with Crippen molar-refractivity contribution in [1.82, 2.24) is 20.9 Å². The molecule has 2 fully saturated rings. The minimum atomic E-state index is -0.847. The molecule has 1 aromatic heterocycles. The van der Waals surface area contributed by atoms with Crippen molar-refractivity contribution in [2.45, 2.75) is 57.7 Å². The second-order valence-electron chi connectivity index (χ2n) is 7.17. The lowest BCUT2D eigenvalue weighted by atomic mass is 9.77. The highest BCUT2D eigenvalue weighted by Gasteiger charge is 2.52. The first-order chi connectivity index (χ1) is 12.3. The fourth-order valence-electron chi connectivity index (χ4n) is 3.43. The highest BCUT2D eigenvalue weighted by Crippen LogP contribution is 2.35. The average molecular weight is 380 g/mol. The van der Waals surface area contributed by atoms with Crippen LogP contribution in [0.1, 0.15) is 49.6 Å². The van der Waals surface area contributed by atoms with E-state index in [0.29, 0.717) is 24.5 Å². The fraction of sp³-hybridized carbons (Fsp3) is 0.647. The van der Waals surface area contributed by atoms with Crippen molar-refractivity contribution in [3.05, 3.63) is 17.0 Å². The molecule has 142 valence electrons. The van der Waals surface area contributed by atoms with Gasteiger partial charge in [0, 0.05) is 11.3 Å². The van der Waals surface area contributed by atoms with Crippen molar-refractivity contribution in [2.75, 3.05) is 5.75 Å². The van der Waals surface area contributed by atoms with Gasteiger partial charge in [0.05, 0.1) is 11.4 Å². The van der Waals surface area contributed by atoms with E-state index in [1.165, 1.54) is 11.8 Å². The molecule has 2 aliphatic rings. The Hall–Kier alpha value is -2.03. The number of rotatable bonds is 5. The number of aryl methyl sites for hydroxylation is 2. The van der Waals surface area contributed by atoms with Gasteiger partial charge in [0.2, 0.25) is 5.91 Å². The van der Waals surface area contributed by atoms with Crippen LogP contribution in [-0.4, -0.2) is 39.3 Å². The van der Waals surface area contributed by atoms with Gasteiger partial charge in [0.25, 0.3) is 5.91 Å². The summed E-state index contributed by atoms with van der Waals surface area (Å²) in [6.07, 6.45) is 3.01. The molecule has 8 nitrogen and oxygen atoms in total. The molecule has 1 spiro atoms. The molecule has 0 radical (unpaired) electrons. The van der Waals surface area contributed by atoms with Crippen molar-refractivity contribution in [3.8, 4) is 0 Å². The molecule has 1 aliphatic carbocycles. The Kier molecular flexibility index (Phi) is 5.27. The van der Waals surface area contributed by atoms with Gasteiger partial charge in [-0.3, -0.25) is 15.0 Å². The number of carbonyl (C=O) groups is 3. The standard InChI is InChI=1S/C17H24N4O4S/c1-10-4-6-17(7-5-10)15(23)21(16(24)18-17)19-14(22)9-26-8-13-11(2)20-25-12(13)3/h10H,4-9H2,1-3H3,(H,18,24)(H,19,22). The molecule has 26 heavy (non-hydrogen) atoms. The Morgan fingerprint density at radius 1 is 1.38 bits per heavy atom. The zero-order chi connectivity index (χ0) is 18.9. The lowest BCUT2D eigenvalue weighted by Gasteiger charge is -2.33. The molecule has 0 aromatic carbocycles. The monoisotopic (exact) mass is 380 g/mol. The minimum absolute atomic E-state index is 0.130. The van der Waals surface area contributed by atoms with Crippen LogP contribution in [0.5, 0.6) is 0 Å². The molecule has 2 heterocycles. The summed E-state index contributed by atoms with van der Waals surface area (Å²) in [5, 5.41) is 7.50. The first kappa shape index (κ1) is 18.8. The average Bonchev–Trinajstić information content (AvgIpc) is 3.03. The number of nitrogens with one attached hydrogen (secondary N) is 2. The zero-order valence-electron chi connectivity index (χ0n) is 15.3. The van der Waals surface area contributed by atoms with E-state index in [1.54, 1.807) is 0 Å². The predicted molar refractivity (Wildman–Crippen MR) is 96.0 cm³/mol. The van der Waals surface area contributed by atoms with Crippen LogP contribution in [0.3, 0.4) is 0 Å². The van der Waals surface area contributed by atoms with Crippen LogP contribution < -0.4 is 10.7 Å². The predicted octanol–water partition coefficient (Wildman–Crippen LogP) is 2.06. The second-order valence-corrected chi connectivity index (χ2v) is 8.15. The number of nitrogens with zero attached hydrogens (tertiary/aromatic N) is 2. The van der Waals surface area contributed by atoms with Crippen LogP contribution in [0, 0.1) is 19.8 Å². The minimum Gasteiger partial charge on any atom is -0.361 e. The maximum absolute atomic E-state index is 12.7. The van der Waals surface area contributed by atoms with Crippen molar-refractivity contribution < 1.29 is 18.9 Å². The number of hydrogen-bond acceptors (Lipinski definition) is 6. The van der Waals surface area contributed by atoms with Crippen LogP contribution in [0.25, 0.3) is 0 Å². The topological polar surface area (TPSA) is 105 Å². The maximum atomic E-state index is 12.7. The number of thioether (sulfide) groups is 1. The van der Waals surface area contributed by atoms with Gasteiger partial charge in [-0.05, 0) is 45.4 Å². The third kappa shape index (κ3) is 3.58. The summed E-state index contributed by atoms with van der Waals surface area (Å²) in [6, 6.07) is -0.548. The summed E-state index contributed by atoms with van der Waals surface area (Å²) in [4.78, 5) is 37.0. The lowest BCUT2D eigenvalue weighted by molar-refractivity contribution is -0.139. The van der Waals surface area contributed by atoms with Crippen molar-refractivity contribution >= 4 is 29.6 Å². The first-order valence-corrected chi connectivity index (χ1v) is 9.93. The largest absolute Gasteiger partial charge is 0.361 e. The molecule has 1 aromatic rings. The van der Waals surface area contributed by atoms with E-state index in [2.05, 4.69) is 22.8 Å². The van der Waals surface area contributed by atoms with Crippen molar-refractivity contribution in [2.24, 2.45) is 5.92 Å². The molecular formula is C17H24N4O4S. The van der Waals surface area contributed by atoms with Crippen molar-refractivity contribution in [3.63, 3.8) is 0 Å². The van der Waals surface area contributed by atoms with Crippen LogP contribution >= 0.6 is 11.8 Å². The lowest BCUT2D eigenvalue weighted by Crippen LogP contribution is -2.51. The van der Waals surface area contributed by atoms with E-state index >= 15 is 0 Å². The summed E-state index contributed by atoms with van der Waals surface area (Å²) in [5.74, 6) is 1.26. The second kappa shape index (κ2) is 7.30. The molecular weight excluding hydrogens is 356 g/mol. The molecule has 1 saturated heterocycles. The van der Waals surface area contributed by atoms with E-state index in [0.717, 1.165) is 34.9 Å². The summed E-state index contributed by atoms with van der Waals surface area (Å²) in [5.41, 5.74) is 3.37. The van der Waals surface area contributed by atoms with E-state index in [9.17, 15) is 14.4 Å². The summed E-state index contributed by atoms with van der Waals surface area (Å²) < 4.78 is 5.09. The highest BCUT2D eigenvalue weighted by molar-refractivity contribution is 7.99. The van der Waals surface area contributed by atoms with Crippen molar-refractivity contribution in [1.29, 1.82) is 0 Å².